The molecule has 0 radical (unpaired) electrons. The Morgan fingerprint density at radius 3 is 3.07 bits per heavy atom. The molecule has 0 bridgehead atoms. The Kier molecular flexibility index (Phi) is 2.21. The minimum atomic E-state index is -1.01. The number of aliphatic carboxylic acids is 1. The molecule has 1 atom stereocenters. The highest BCUT2D eigenvalue weighted by molar-refractivity contribution is 5.75. The molecule has 0 saturated heterocycles. The molecule has 3 N–H and O–H groups in total. The molecule has 1 heterocycles. The fourth-order valence-electron chi connectivity index (χ4n) is 1.76. The van der Waals surface area contributed by atoms with Crippen molar-refractivity contribution in [2.45, 2.75) is 25.3 Å². The summed E-state index contributed by atoms with van der Waals surface area (Å²) in [5.41, 5.74) is 8.33. The lowest BCUT2D eigenvalue weighted by atomic mass is 10.1. The first-order valence-corrected chi connectivity index (χ1v) is 4.64. The van der Waals surface area contributed by atoms with Gasteiger partial charge in [0.05, 0.1) is 0 Å². The Morgan fingerprint density at radius 2 is 2.36 bits per heavy atom. The summed E-state index contributed by atoms with van der Waals surface area (Å²) in [5, 5.41) is 8.73. The molecule has 1 aliphatic carbocycles. The number of rotatable bonds is 2. The predicted molar refractivity (Wildman–Crippen MR) is 50.8 cm³/mol. The van der Waals surface area contributed by atoms with Crippen LogP contribution in [0, 0.1) is 0 Å². The van der Waals surface area contributed by atoms with Gasteiger partial charge >= 0.3 is 5.97 Å². The third-order valence-electron chi connectivity index (χ3n) is 2.57. The molecule has 14 heavy (non-hydrogen) atoms. The third kappa shape index (κ3) is 1.48. The number of carboxylic acids is 1. The summed E-state index contributed by atoms with van der Waals surface area (Å²) in [6.45, 7) is 0. The van der Waals surface area contributed by atoms with Gasteiger partial charge in [0.2, 0.25) is 0 Å². The molecule has 1 unspecified atom stereocenters. The number of aryl methyl sites for hydroxylation is 2. The molecular weight excluding hydrogens is 180 g/mol. The summed E-state index contributed by atoms with van der Waals surface area (Å²) in [6, 6.07) is 0.919. The summed E-state index contributed by atoms with van der Waals surface area (Å²) < 4.78 is 0. The lowest BCUT2D eigenvalue weighted by molar-refractivity contribution is -0.138. The summed E-state index contributed by atoms with van der Waals surface area (Å²) in [5.74, 6) is -1.01. The molecule has 1 aromatic heterocycles. The standard InChI is InChI=1S/C10H12N2O2/c11-9(10(13)14)7-4-6-2-1-3-8(6)12-5-7/h4-5,9H,1-3,11H2,(H,13,14). The van der Waals surface area contributed by atoms with E-state index in [0.717, 1.165) is 30.5 Å². The number of fused-ring (bicyclic) bond motifs is 1. The second-order valence-electron chi connectivity index (χ2n) is 3.54. The van der Waals surface area contributed by atoms with Crippen molar-refractivity contribution in [1.82, 2.24) is 4.98 Å². The SMILES string of the molecule is NC(C(=O)O)c1cnc2c(c1)CCC2. The van der Waals surface area contributed by atoms with Crippen LogP contribution < -0.4 is 5.73 Å². The van der Waals surface area contributed by atoms with Gasteiger partial charge in [0.25, 0.3) is 0 Å². The molecule has 74 valence electrons. The van der Waals surface area contributed by atoms with Crippen molar-refractivity contribution in [1.29, 1.82) is 0 Å². The predicted octanol–water partition coefficient (Wildman–Crippen LogP) is 0.655. The number of nitrogens with two attached hydrogens (primary N) is 1. The number of carboxylic acid groups (broad SMARTS) is 1. The van der Waals surface area contributed by atoms with Crippen molar-refractivity contribution in [3.63, 3.8) is 0 Å². The van der Waals surface area contributed by atoms with E-state index in [1.807, 2.05) is 6.07 Å². The molecular formula is C10H12N2O2. The van der Waals surface area contributed by atoms with Crippen molar-refractivity contribution < 1.29 is 9.90 Å². The number of pyridine rings is 1. The van der Waals surface area contributed by atoms with Gasteiger partial charge in [-0.2, -0.15) is 0 Å². The molecule has 0 aromatic carbocycles. The van der Waals surface area contributed by atoms with Crippen LogP contribution in [-0.4, -0.2) is 16.1 Å². The second kappa shape index (κ2) is 3.38. The Balaban J connectivity index is 2.33. The van der Waals surface area contributed by atoms with E-state index in [4.69, 9.17) is 10.8 Å². The average molecular weight is 192 g/mol. The molecule has 0 spiro atoms. The van der Waals surface area contributed by atoms with E-state index in [1.54, 1.807) is 6.20 Å². The number of carbonyl (C=O) groups is 1. The first-order chi connectivity index (χ1) is 6.68. The van der Waals surface area contributed by atoms with E-state index in [0.29, 0.717) is 5.56 Å². The molecule has 1 aliphatic rings. The Hall–Kier alpha value is -1.42. The van der Waals surface area contributed by atoms with Gasteiger partial charge < -0.3 is 10.8 Å². The van der Waals surface area contributed by atoms with Gasteiger partial charge in [0.1, 0.15) is 6.04 Å². The summed E-state index contributed by atoms with van der Waals surface area (Å²) in [7, 11) is 0. The van der Waals surface area contributed by atoms with Crippen molar-refractivity contribution in [2.24, 2.45) is 5.73 Å². The van der Waals surface area contributed by atoms with Crippen LogP contribution in [0.3, 0.4) is 0 Å². The van der Waals surface area contributed by atoms with E-state index in [1.165, 1.54) is 0 Å². The van der Waals surface area contributed by atoms with Gasteiger partial charge in [0, 0.05) is 11.9 Å². The first-order valence-electron chi connectivity index (χ1n) is 4.64. The Labute approximate surface area is 81.8 Å². The normalized spacial score (nSPS) is 16.4. The largest absolute Gasteiger partial charge is 0.480 e. The van der Waals surface area contributed by atoms with Crippen LogP contribution in [0.15, 0.2) is 12.3 Å². The third-order valence-corrected chi connectivity index (χ3v) is 2.57. The van der Waals surface area contributed by atoms with E-state index in [2.05, 4.69) is 4.98 Å². The Bertz CT molecular complexity index is 376. The number of hydrogen-bond donors (Lipinski definition) is 2. The lowest BCUT2D eigenvalue weighted by Gasteiger charge is -2.07. The lowest BCUT2D eigenvalue weighted by Crippen LogP contribution is -2.21. The number of aromatic nitrogens is 1. The van der Waals surface area contributed by atoms with E-state index < -0.39 is 12.0 Å². The second-order valence-corrected chi connectivity index (χ2v) is 3.54. The van der Waals surface area contributed by atoms with E-state index in [-0.39, 0.29) is 0 Å². The van der Waals surface area contributed by atoms with Crippen LogP contribution in [0.5, 0.6) is 0 Å². The van der Waals surface area contributed by atoms with Gasteiger partial charge in [-0.25, -0.2) is 0 Å². The van der Waals surface area contributed by atoms with Crippen molar-refractivity contribution in [2.75, 3.05) is 0 Å². The molecule has 1 aromatic rings. The highest BCUT2D eigenvalue weighted by Gasteiger charge is 2.18. The van der Waals surface area contributed by atoms with Crippen LogP contribution in [0.2, 0.25) is 0 Å². The monoisotopic (exact) mass is 192 g/mol. The minimum Gasteiger partial charge on any atom is -0.480 e. The summed E-state index contributed by atoms with van der Waals surface area (Å²) >= 11 is 0. The highest BCUT2D eigenvalue weighted by atomic mass is 16.4. The van der Waals surface area contributed by atoms with Crippen LogP contribution in [0.4, 0.5) is 0 Å². The molecule has 0 amide bonds. The van der Waals surface area contributed by atoms with Crippen LogP contribution in [-0.2, 0) is 17.6 Å². The van der Waals surface area contributed by atoms with Gasteiger partial charge in [0.15, 0.2) is 0 Å². The van der Waals surface area contributed by atoms with Gasteiger partial charge in [-0.3, -0.25) is 9.78 Å². The average Bonchev–Trinajstić information content (AvgIpc) is 2.62. The topological polar surface area (TPSA) is 76.2 Å². The van der Waals surface area contributed by atoms with E-state index >= 15 is 0 Å². The molecule has 4 heteroatoms. The first kappa shape index (κ1) is 9.15. The van der Waals surface area contributed by atoms with Crippen molar-refractivity contribution in [3.8, 4) is 0 Å². The summed E-state index contributed by atoms with van der Waals surface area (Å²) in [6.07, 6.45) is 4.66. The maximum absolute atomic E-state index is 10.6. The van der Waals surface area contributed by atoms with Gasteiger partial charge in [-0.05, 0) is 30.4 Å². The molecule has 2 rings (SSSR count). The van der Waals surface area contributed by atoms with Crippen LogP contribution in [0.1, 0.15) is 29.3 Å². The fourth-order valence-corrected chi connectivity index (χ4v) is 1.76. The number of nitrogens with zero attached hydrogens (tertiary/aromatic N) is 1. The smallest absolute Gasteiger partial charge is 0.325 e. The quantitative estimate of drug-likeness (QED) is 0.721. The zero-order valence-electron chi connectivity index (χ0n) is 7.73. The maximum Gasteiger partial charge on any atom is 0.325 e. The van der Waals surface area contributed by atoms with Gasteiger partial charge in [-0.15, -0.1) is 0 Å². The molecule has 0 saturated carbocycles. The highest BCUT2D eigenvalue weighted by Crippen LogP contribution is 2.22. The van der Waals surface area contributed by atoms with Crippen LogP contribution >= 0.6 is 0 Å². The zero-order chi connectivity index (χ0) is 10.1. The Morgan fingerprint density at radius 1 is 1.57 bits per heavy atom. The van der Waals surface area contributed by atoms with E-state index in [9.17, 15) is 4.79 Å². The van der Waals surface area contributed by atoms with Crippen molar-refractivity contribution in [3.05, 3.63) is 29.1 Å². The van der Waals surface area contributed by atoms with Crippen LogP contribution in [0.25, 0.3) is 0 Å². The molecule has 0 aliphatic heterocycles. The fraction of sp³-hybridized carbons (Fsp3) is 0.400. The molecule has 0 fully saturated rings. The summed E-state index contributed by atoms with van der Waals surface area (Å²) in [4.78, 5) is 14.9. The minimum absolute atomic E-state index is 0.596. The van der Waals surface area contributed by atoms with Crippen molar-refractivity contribution >= 4 is 5.97 Å². The maximum atomic E-state index is 10.6. The number of hydrogen-bond acceptors (Lipinski definition) is 3. The zero-order valence-corrected chi connectivity index (χ0v) is 7.73. The van der Waals surface area contributed by atoms with Gasteiger partial charge in [-0.1, -0.05) is 6.07 Å². The molecule has 4 nitrogen and oxygen atoms in total.